The van der Waals surface area contributed by atoms with Gasteiger partial charge in [0.1, 0.15) is 11.4 Å². The van der Waals surface area contributed by atoms with Gasteiger partial charge in [0.05, 0.1) is 0 Å². The topological polar surface area (TPSA) is 56.4 Å². The number of H-pyrrole nitrogens is 1. The van der Waals surface area contributed by atoms with Crippen LogP contribution in [0.2, 0.25) is 0 Å². The number of likely N-dealkylation sites (N-methyl/N-ethyl adjacent to an activating group) is 1. The fraction of sp³-hybridized carbons (Fsp3) is 0.333. The Hall–Kier alpha value is -2.21. The molecule has 0 aliphatic carbocycles. The van der Waals surface area contributed by atoms with Gasteiger partial charge in [-0.3, -0.25) is 9.59 Å². The Morgan fingerprint density at radius 1 is 1.24 bits per heavy atom. The number of aromatic nitrogens is 1. The lowest BCUT2D eigenvalue weighted by Gasteiger charge is -2.32. The van der Waals surface area contributed by atoms with E-state index >= 15 is 0 Å². The predicted octanol–water partition coefficient (Wildman–Crippen LogP) is 1.05. The zero-order valence-electron chi connectivity index (χ0n) is 11.7. The van der Waals surface area contributed by atoms with E-state index in [1.165, 1.54) is 18.3 Å². The van der Waals surface area contributed by atoms with Crippen LogP contribution in [0.3, 0.4) is 0 Å². The van der Waals surface area contributed by atoms with E-state index < -0.39 is 11.2 Å². The number of amides is 1. The summed E-state index contributed by atoms with van der Waals surface area (Å²) in [5.41, 5.74) is 0.168. The molecule has 2 heterocycles. The minimum Gasteiger partial charge on any atom is -0.360 e. The van der Waals surface area contributed by atoms with Gasteiger partial charge in [-0.25, -0.2) is 4.39 Å². The lowest BCUT2D eigenvalue weighted by molar-refractivity contribution is 0.0662. The molecule has 21 heavy (non-hydrogen) atoms. The minimum absolute atomic E-state index is 0.0673. The van der Waals surface area contributed by atoms with Crippen molar-refractivity contribution in [3.05, 3.63) is 46.0 Å². The van der Waals surface area contributed by atoms with Crippen LogP contribution in [0.1, 0.15) is 10.4 Å². The monoisotopic (exact) mass is 289 g/mol. The normalized spacial score (nSPS) is 16.4. The number of piperazine rings is 1. The second kappa shape index (κ2) is 5.29. The number of hydrogen-bond acceptors (Lipinski definition) is 3. The van der Waals surface area contributed by atoms with E-state index in [0.717, 1.165) is 19.2 Å². The first-order valence-corrected chi connectivity index (χ1v) is 6.85. The summed E-state index contributed by atoms with van der Waals surface area (Å²) in [6, 6.07) is 3.94. The Balaban J connectivity index is 1.99. The molecule has 110 valence electrons. The molecule has 3 rings (SSSR count). The summed E-state index contributed by atoms with van der Waals surface area (Å²) in [6.45, 7) is 2.75. The van der Waals surface area contributed by atoms with Gasteiger partial charge in [-0.15, -0.1) is 0 Å². The summed E-state index contributed by atoms with van der Waals surface area (Å²) in [4.78, 5) is 31.5. The molecule has 1 aromatic heterocycles. The molecule has 0 atom stereocenters. The van der Waals surface area contributed by atoms with Gasteiger partial charge in [0, 0.05) is 43.3 Å². The van der Waals surface area contributed by atoms with Crippen molar-refractivity contribution in [1.29, 1.82) is 0 Å². The number of benzene rings is 1. The molecule has 5 nitrogen and oxygen atoms in total. The van der Waals surface area contributed by atoms with Crippen molar-refractivity contribution in [3.63, 3.8) is 0 Å². The van der Waals surface area contributed by atoms with Gasteiger partial charge in [0.2, 0.25) is 5.43 Å². The third-order valence-corrected chi connectivity index (χ3v) is 3.86. The maximum absolute atomic E-state index is 13.3. The minimum atomic E-state index is -0.489. The number of nitrogens with one attached hydrogen (secondary N) is 1. The molecule has 0 unspecified atom stereocenters. The van der Waals surface area contributed by atoms with Crippen molar-refractivity contribution in [1.82, 2.24) is 14.8 Å². The van der Waals surface area contributed by atoms with Gasteiger partial charge in [-0.2, -0.15) is 0 Å². The van der Waals surface area contributed by atoms with E-state index in [1.54, 1.807) is 4.90 Å². The smallest absolute Gasteiger partial charge is 0.259 e. The zero-order chi connectivity index (χ0) is 15.0. The quantitative estimate of drug-likeness (QED) is 0.854. The van der Waals surface area contributed by atoms with Crippen LogP contribution in [0.25, 0.3) is 10.9 Å². The Kier molecular flexibility index (Phi) is 3.47. The number of aromatic amines is 1. The zero-order valence-corrected chi connectivity index (χ0v) is 11.7. The molecule has 1 amide bonds. The fourth-order valence-corrected chi connectivity index (χ4v) is 2.53. The number of halogens is 1. The lowest BCUT2D eigenvalue weighted by Crippen LogP contribution is -2.48. The number of rotatable bonds is 1. The fourth-order valence-electron chi connectivity index (χ4n) is 2.53. The molecule has 0 bridgehead atoms. The first-order chi connectivity index (χ1) is 10.1. The molecule has 6 heteroatoms. The van der Waals surface area contributed by atoms with Crippen molar-refractivity contribution in [2.75, 3.05) is 33.2 Å². The van der Waals surface area contributed by atoms with Gasteiger partial charge in [0.25, 0.3) is 5.91 Å². The van der Waals surface area contributed by atoms with Crippen LogP contribution in [0.15, 0.2) is 29.2 Å². The number of pyridine rings is 1. The Morgan fingerprint density at radius 2 is 1.95 bits per heavy atom. The predicted molar refractivity (Wildman–Crippen MR) is 77.9 cm³/mol. The van der Waals surface area contributed by atoms with Crippen LogP contribution in [-0.2, 0) is 0 Å². The number of fused-ring (bicyclic) bond motifs is 1. The Labute approximate surface area is 121 Å². The van der Waals surface area contributed by atoms with Gasteiger partial charge in [0.15, 0.2) is 0 Å². The highest BCUT2D eigenvalue weighted by Crippen LogP contribution is 2.12. The van der Waals surface area contributed by atoms with E-state index in [0.29, 0.717) is 18.6 Å². The molecule has 0 saturated carbocycles. The first kappa shape index (κ1) is 13.8. The van der Waals surface area contributed by atoms with E-state index in [9.17, 15) is 14.0 Å². The number of hydrogen-bond donors (Lipinski definition) is 1. The molecule has 0 radical (unpaired) electrons. The summed E-state index contributed by atoms with van der Waals surface area (Å²) in [7, 11) is 1.99. The van der Waals surface area contributed by atoms with Crippen molar-refractivity contribution < 1.29 is 9.18 Å². The van der Waals surface area contributed by atoms with Crippen LogP contribution >= 0.6 is 0 Å². The lowest BCUT2D eigenvalue weighted by atomic mass is 10.1. The largest absolute Gasteiger partial charge is 0.360 e. The second-order valence-electron chi connectivity index (χ2n) is 5.32. The Bertz CT molecular complexity index is 748. The molecular formula is C15H16FN3O2. The van der Waals surface area contributed by atoms with Crippen LogP contribution in [0.5, 0.6) is 0 Å². The van der Waals surface area contributed by atoms with Gasteiger partial charge >= 0.3 is 0 Å². The molecule has 0 spiro atoms. The average Bonchev–Trinajstić information content (AvgIpc) is 2.48. The molecule has 1 fully saturated rings. The summed E-state index contributed by atoms with van der Waals surface area (Å²) in [5, 5.41) is 0.204. The van der Waals surface area contributed by atoms with E-state index in [2.05, 4.69) is 9.88 Å². The number of carbonyl (C=O) groups is 1. The highest BCUT2D eigenvalue weighted by molar-refractivity contribution is 5.97. The van der Waals surface area contributed by atoms with Crippen LogP contribution < -0.4 is 5.43 Å². The molecule has 1 aromatic carbocycles. The summed E-state index contributed by atoms with van der Waals surface area (Å²) in [5.74, 6) is -0.785. The molecule has 1 aliphatic rings. The van der Waals surface area contributed by atoms with Gasteiger partial charge in [-0.05, 0) is 25.2 Å². The van der Waals surface area contributed by atoms with Gasteiger partial charge in [-0.1, -0.05) is 0 Å². The highest BCUT2D eigenvalue weighted by Gasteiger charge is 2.23. The molecule has 1 saturated heterocycles. The molecule has 1 aliphatic heterocycles. The van der Waals surface area contributed by atoms with Crippen molar-refractivity contribution in [2.45, 2.75) is 0 Å². The SMILES string of the molecule is CN1CCN(C(=O)c2c[nH]c3ccc(F)cc3c2=O)CC1. The van der Waals surface area contributed by atoms with E-state index in [1.807, 2.05) is 7.05 Å². The molecular weight excluding hydrogens is 273 g/mol. The summed E-state index contributed by atoms with van der Waals surface area (Å²) < 4.78 is 13.3. The third kappa shape index (κ3) is 2.54. The van der Waals surface area contributed by atoms with E-state index in [4.69, 9.17) is 0 Å². The third-order valence-electron chi connectivity index (χ3n) is 3.86. The van der Waals surface area contributed by atoms with Gasteiger partial charge < -0.3 is 14.8 Å². The van der Waals surface area contributed by atoms with Crippen LogP contribution in [-0.4, -0.2) is 53.9 Å². The maximum atomic E-state index is 13.3. The van der Waals surface area contributed by atoms with Crippen LogP contribution in [0.4, 0.5) is 4.39 Å². The van der Waals surface area contributed by atoms with Crippen molar-refractivity contribution >= 4 is 16.8 Å². The number of carbonyl (C=O) groups excluding carboxylic acids is 1. The van der Waals surface area contributed by atoms with E-state index in [-0.39, 0.29) is 16.9 Å². The molecule has 2 aromatic rings. The second-order valence-corrected chi connectivity index (χ2v) is 5.32. The average molecular weight is 289 g/mol. The maximum Gasteiger partial charge on any atom is 0.259 e. The standard InChI is InChI=1S/C15H16FN3O2/c1-18-4-6-19(7-5-18)15(21)12-9-17-13-3-2-10(16)8-11(13)14(12)20/h2-3,8-9H,4-7H2,1H3,(H,17,20). The van der Waals surface area contributed by atoms with Crippen molar-refractivity contribution in [2.24, 2.45) is 0 Å². The highest BCUT2D eigenvalue weighted by atomic mass is 19.1. The first-order valence-electron chi connectivity index (χ1n) is 6.85. The number of nitrogens with zero attached hydrogens (tertiary/aromatic N) is 2. The summed E-state index contributed by atoms with van der Waals surface area (Å²) in [6.07, 6.45) is 1.42. The Morgan fingerprint density at radius 3 is 2.67 bits per heavy atom. The van der Waals surface area contributed by atoms with Crippen LogP contribution in [0, 0.1) is 5.82 Å². The molecule has 1 N–H and O–H groups in total. The van der Waals surface area contributed by atoms with Crippen molar-refractivity contribution in [3.8, 4) is 0 Å². The summed E-state index contributed by atoms with van der Waals surface area (Å²) >= 11 is 0.